The van der Waals surface area contributed by atoms with Crippen LogP contribution in [0.1, 0.15) is 12.5 Å². The van der Waals surface area contributed by atoms with Crippen LogP contribution in [0.5, 0.6) is 0 Å². The lowest BCUT2D eigenvalue weighted by Gasteiger charge is -2.19. The first-order valence-electron chi connectivity index (χ1n) is 5.91. The van der Waals surface area contributed by atoms with Crippen molar-refractivity contribution in [3.05, 3.63) is 35.9 Å². The minimum absolute atomic E-state index is 0.104. The molecule has 2 amide bonds. The van der Waals surface area contributed by atoms with E-state index in [1.165, 1.54) is 14.0 Å². The van der Waals surface area contributed by atoms with Crippen LogP contribution in [0.3, 0.4) is 0 Å². The third-order valence-corrected chi connectivity index (χ3v) is 2.50. The molecule has 6 nitrogen and oxygen atoms in total. The molecule has 0 unspecified atom stereocenters. The van der Waals surface area contributed by atoms with Crippen LogP contribution in [0.15, 0.2) is 30.3 Å². The standard InChI is InChI=1S/C13H18N2O4/c1-9(16)11(12(17)14-2)15-13(18)19-8-10-6-4-3-5-7-10/h3-7,9,11,16H,8H2,1-2H3,(H,14,17)(H,15,18)/t9-,11+/m1/s1. The Balaban J connectivity index is 2.47. The highest BCUT2D eigenvalue weighted by atomic mass is 16.5. The zero-order valence-corrected chi connectivity index (χ0v) is 10.9. The summed E-state index contributed by atoms with van der Waals surface area (Å²) in [6.07, 6.45) is -1.76. The summed E-state index contributed by atoms with van der Waals surface area (Å²) in [6, 6.07) is 8.13. The molecule has 0 fully saturated rings. The van der Waals surface area contributed by atoms with E-state index in [0.29, 0.717) is 0 Å². The minimum Gasteiger partial charge on any atom is -0.445 e. The second kappa shape index (κ2) is 7.38. The molecule has 0 aliphatic carbocycles. The van der Waals surface area contributed by atoms with Crippen LogP contribution < -0.4 is 10.6 Å². The molecule has 0 radical (unpaired) electrons. The zero-order chi connectivity index (χ0) is 14.3. The lowest BCUT2D eigenvalue weighted by atomic mass is 10.2. The van der Waals surface area contributed by atoms with Crippen molar-refractivity contribution in [2.75, 3.05) is 7.05 Å². The Morgan fingerprint density at radius 3 is 2.47 bits per heavy atom. The van der Waals surface area contributed by atoms with Gasteiger partial charge in [0.25, 0.3) is 0 Å². The van der Waals surface area contributed by atoms with Gasteiger partial charge in [-0.05, 0) is 12.5 Å². The summed E-state index contributed by atoms with van der Waals surface area (Å²) in [6.45, 7) is 1.52. The third kappa shape index (κ3) is 4.97. The molecule has 6 heteroatoms. The molecule has 2 atom stereocenters. The summed E-state index contributed by atoms with van der Waals surface area (Å²) >= 11 is 0. The highest BCUT2D eigenvalue weighted by Crippen LogP contribution is 2.01. The number of carbonyl (C=O) groups is 2. The van der Waals surface area contributed by atoms with E-state index in [4.69, 9.17) is 4.74 Å². The number of ether oxygens (including phenoxy) is 1. The Bertz CT molecular complexity index is 420. The lowest BCUT2D eigenvalue weighted by molar-refractivity contribution is -0.124. The zero-order valence-electron chi connectivity index (χ0n) is 10.9. The van der Waals surface area contributed by atoms with Crippen LogP contribution in [0.2, 0.25) is 0 Å². The number of rotatable bonds is 5. The van der Waals surface area contributed by atoms with E-state index in [2.05, 4.69) is 10.6 Å². The molecule has 0 bridgehead atoms. The van der Waals surface area contributed by atoms with Gasteiger partial charge in [-0.2, -0.15) is 0 Å². The third-order valence-electron chi connectivity index (χ3n) is 2.50. The van der Waals surface area contributed by atoms with E-state index in [1.807, 2.05) is 30.3 Å². The van der Waals surface area contributed by atoms with Crippen molar-refractivity contribution in [2.24, 2.45) is 0 Å². The first-order valence-corrected chi connectivity index (χ1v) is 5.91. The quantitative estimate of drug-likeness (QED) is 0.720. The van der Waals surface area contributed by atoms with Gasteiger partial charge in [-0.25, -0.2) is 4.79 Å². The lowest BCUT2D eigenvalue weighted by Crippen LogP contribution is -2.51. The fraction of sp³-hybridized carbons (Fsp3) is 0.385. The van der Waals surface area contributed by atoms with Gasteiger partial charge in [0.1, 0.15) is 12.6 Å². The topological polar surface area (TPSA) is 87.7 Å². The number of likely N-dealkylation sites (N-methyl/N-ethyl adjacent to an activating group) is 1. The Morgan fingerprint density at radius 2 is 1.95 bits per heavy atom. The number of hydrogen-bond donors (Lipinski definition) is 3. The van der Waals surface area contributed by atoms with Crippen molar-refractivity contribution in [3.8, 4) is 0 Å². The number of aliphatic hydroxyl groups excluding tert-OH is 1. The minimum atomic E-state index is -1.03. The van der Waals surface area contributed by atoms with Crippen molar-refractivity contribution in [3.63, 3.8) is 0 Å². The second-order valence-electron chi connectivity index (χ2n) is 4.04. The maximum atomic E-state index is 11.5. The van der Waals surface area contributed by atoms with Crippen molar-refractivity contribution in [1.29, 1.82) is 0 Å². The molecule has 1 aromatic rings. The molecule has 0 spiro atoms. The molecule has 0 saturated carbocycles. The Kier molecular flexibility index (Phi) is 5.81. The maximum Gasteiger partial charge on any atom is 0.408 e. The number of nitrogens with one attached hydrogen (secondary N) is 2. The largest absolute Gasteiger partial charge is 0.445 e. The highest BCUT2D eigenvalue weighted by Gasteiger charge is 2.25. The van der Waals surface area contributed by atoms with Crippen molar-refractivity contribution in [1.82, 2.24) is 10.6 Å². The summed E-state index contributed by atoms with van der Waals surface area (Å²) in [5.74, 6) is -0.480. The van der Waals surface area contributed by atoms with E-state index in [-0.39, 0.29) is 6.61 Å². The Labute approximate surface area is 111 Å². The van der Waals surface area contributed by atoms with Gasteiger partial charge in [0.15, 0.2) is 0 Å². The van der Waals surface area contributed by atoms with E-state index < -0.39 is 24.1 Å². The van der Waals surface area contributed by atoms with E-state index in [0.717, 1.165) is 5.56 Å². The van der Waals surface area contributed by atoms with Gasteiger partial charge in [0.05, 0.1) is 6.10 Å². The molecule has 0 aliphatic rings. The van der Waals surface area contributed by atoms with Crippen LogP contribution in [0, 0.1) is 0 Å². The van der Waals surface area contributed by atoms with Crippen molar-refractivity contribution >= 4 is 12.0 Å². The van der Waals surface area contributed by atoms with Crippen molar-refractivity contribution in [2.45, 2.75) is 25.7 Å². The predicted octanol–water partition coefficient (Wildman–Crippen LogP) is 0.408. The highest BCUT2D eigenvalue weighted by molar-refractivity contribution is 5.85. The molecule has 0 heterocycles. The average molecular weight is 266 g/mol. The maximum absolute atomic E-state index is 11.5. The van der Waals surface area contributed by atoms with Crippen LogP contribution in [0.25, 0.3) is 0 Å². The van der Waals surface area contributed by atoms with E-state index in [1.54, 1.807) is 0 Å². The summed E-state index contributed by atoms with van der Waals surface area (Å²) in [5.41, 5.74) is 0.839. The summed E-state index contributed by atoms with van der Waals surface area (Å²) in [7, 11) is 1.43. The van der Waals surface area contributed by atoms with Crippen molar-refractivity contribution < 1.29 is 19.4 Å². The molecule has 0 aromatic heterocycles. The number of alkyl carbamates (subject to hydrolysis) is 1. The van der Waals surface area contributed by atoms with Gasteiger partial charge in [0.2, 0.25) is 5.91 Å². The van der Waals surface area contributed by atoms with Gasteiger partial charge in [-0.15, -0.1) is 0 Å². The smallest absolute Gasteiger partial charge is 0.408 e. The number of hydrogen-bond acceptors (Lipinski definition) is 4. The van der Waals surface area contributed by atoms with Gasteiger partial charge >= 0.3 is 6.09 Å². The average Bonchev–Trinajstić information content (AvgIpc) is 2.42. The van der Waals surface area contributed by atoms with Gasteiger partial charge in [-0.1, -0.05) is 30.3 Å². The molecule has 3 N–H and O–H groups in total. The molecule has 0 aliphatic heterocycles. The fourth-order valence-corrected chi connectivity index (χ4v) is 1.45. The first kappa shape index (κ1) is 15.0. The fourth-order valence-electron chi connectivity index (χ4n) is 1.45. The van der Waals surface area contributed by atoms with Crippen LogP contribution in [-0.4, -0.2) is 36.3 Å². The molecule has 1 aromatic carbocycles. The summed E-state index contributed by atoms with van der Waals surface area (Å²) in [5, 5.41) is 14.1. The van der Waals surface area contributed by atoms with Crippen LogP contribution in [-0.2, 0) is 16.1 Å². The van der Waals surface area contributed by atoms with Gasteiger partial charge in [-0.3, -0.25) is 4.79 Å². The predicted molar refractivity (Wildman–Crippen MR) is 69.3 cm³/mol. The van der Waals surface area contributed by atoms with Gasteiger partial charge < -0.3 is 20.5 Å². The number of benzene rings is 1. The normalized spacial score (nSPS) is 13.2. The molecular weight excluding hydrogens is 248 g/mol. The van der Waals surface area contributed by atoms with Gasteiger partial charge in [0, 0.05) is 7.05 Å². The SMILES string of the molecule is CNC(=O)[C@@H](NC(=O)OCc1ccccc1)[C@@H](C)O. The Hall–Kier alpha value is -2.08. The molecule has 19 heavy (non-hydrogen) atoms. The first-order chi connectivity index (χ1) is 9.04. The number of aliphatic hydroxyl groups is 1. The van der Waals surface area contributed by atoms with Crippen LogP contribution >= 0.6 is 0 Å². The summed E-state index contributed by atoms with van der Waals surface area (Å²) < 4.78 is 4.96. The monoisotopic (exact) mass is 266 g/mol. The molecule has 1 rings (SSSR count). The molecule has 0 saturated heterocycles. The van der Waals surface area contributed by atoms with E-state index in [9.17, 15) is 14.7 Å². The molecular formula is C13H18N2O4. The number of carbonyl (C=O) groups excluding carboxylic acids is 2. The molecule has 104 valence electrons. The Morgan fingerprint density at radius 1 is 1.32 bits per heavy atom. The van der Waals surface area contributed by atoms with Crippen LogP contribution in [0.4, 0.5) is 4.79 Å². The number of amides is 2. The summed E-state index contributed by atoms with van der Waals surface area (Å²) in [4.78, 5) is 22.9. The van der Waals surface area contributed by atoms with E-state index >= 15 is 0 Å². The second-order valence-corrected chi connectivity index (χ2v) is 4.04.